The normalized spacial score (nSPS) is 10.6. The van der Waals surface area contributed by atoms with Gasteiger partial charge in [-0.3, -0.25) is 0 Å². The van der Waals surface area contributed by atoms with Crippen LogP contribution in [0.2, 0.25) is 10.0 Å². The van der Waals surface area contributed by atoms with Gasteiger partial charge in [0.1, 0.15) is 0 Å². The van der Waals surface area contributed by atoms with Crippen LogP contribution in [0.3, 0.4) is 0 Å². The molecule has 66 valence electrons. The second-order valence-electron chi connectivity index (χ2n) is 2.36. The maximum Gasteiger partial charge on any atom is 0.366 e. The lowest BCUT2D eigenvalue weighted by Crippen LogP contribution is -2.54. The highest BCUT2D eigenvalue weighted by atomic mass is 35.5. The third-order valence-corrected chi connectivity index (χ3v) is 3.17. The number of rotatable bonds is 1. The molecule has 0 atom stereocenters. The summed E-state index contributed by atoms with van der Waals surface area (Å²) in [5.74, 6) is 0. The summed E-state index contributed by atoms with van der Waals surface area (Å²) < 4.78 is 0.881. The number of hydrogen-bond acceptors (Lipinski definition) is 2. The van der Waals surface area contributed by atoms with E-state index in [1.165, 1.54) is 11.3 Å². The molecular weight excluding hydrogens is 229 g/mol. The molecule has 6 heteroatoms. The van der Waals surface area contributed by atoms with E-state index in [0.717, 1.165) is 10.2 Å². The first-order valence-corrected chi connectivity index (χ1v) is 4.93. The number of nitrogens with one attached hydrogen (secondary N) is 1. The summed E-state index contributed by atoms with van der Waals surface area (Å²) in [6.45, 7) is 0. The Balaban J connectivity index is 2.77. The SMILES string of the molecule is [N-]=[NH+]c1nc2cc(Cl)c(Cl)cc2s1. The van der Waals surface area contributed by atoms with Crippen LogP contribution < -0.4 is 5.11 Å². The lowest BCUT2D eigenvalue weighted by molar-refractivity contribution is -0.379. The highest BCUT2D eigenvalue weighted by Gasteiger charge is 2.11. The number of halogens is 2. The molecule has 0 unspecified atom stereocenters. The maximum atomic E-state index is 8.61. The number of thiazole rings is 1. The van der Waals surface area contributed by atoms with Gasteiger partial charge in [0.2, 0.25) is 0 Å². The molecule has 2 aromatic rings. The molecule has 1 aromatic carbocycles. The number of aromatic nitrogens is 1. The van der Waals surface area contributed by atoms with E-state index >= 15 is 0 Å². The second-order valence-corrected chi connectivity index (χ2v) is 4.21. The predicted octanol–water partition coefficient (Wildman–Crippen LogP) is 2.34. The van der Waals surface area contributed by atoms with E-state index in [0.29, 0.717) is 15.2 Å². The molecule has 1 N–H and O–H groups in total. The van der Waals surface area contributed by atoms with Gasteiger partial charge in [0.25, 0.3) is 0 Å². The molecule has 0 amide bonds. The number of fused-ring (bicyclic) bond motifs is 1. The Labute approximate surface area is 87.8 Å². The first kappa shape index (κ1) is 8.87. The van der Waals surface area contributed by atoms with Crippen LogP contribution in [0.5, 0.6) is 0 Å². The Hall–Kier alpha value is -0.710. The Bertz CT molecular complexity index is 441. The van der Waals surface area contributed by atoms with E-state index < -0.39 is 0 Å². The number of hydrogen-bond donors (Lipinski definition) is 1. The van der Waals surface area contributed by atoms with Gasteiger partial charge in [0.05, 0.1) is 14.7 Å². The minimum Gasteiger partial charge on any atom is -0.613 e. The molecule has 13 heavy (non-hydrogen) atoms. The standard InChI is InChI=1S/C7H3Cl2N3S/c8-3-1-5-6(2-4(3)9)13-7(11-5)12-10/h1-2,12H. The van der Waals surface area contributed by atoms with Gasteiger partial charge in [-0.15, -0.1) is 0 Å². The maximum absolute atomic E-state index is 8.61. The average molecular weight is 232 g/mol. The number of benzene rings is 1. The molecular formula is C7H3Cl2N3S. The fraction of sp³-hybridized carbons (Fsp3) is 0. The van der Waals surface area contributed by atoms with Crippen molar-refractivity contribution in [3.05, 3.63) is 27.7 Å². The molecule has 0 aliphatic rings. The molecule has 0 spiro atoms. The van der Waals surface area contributed by atoms with Crippen molar-refractivity contribution in [1.29, 1.82) is 0 Å². The average Bonchev–Trinajstić information content (AvgIpc) is 2.48. The van der Waals surface area contributed by atoms with Crippen LogP contribution in [0.1, 0.15) is 0 Å². The van der Waals surface area contributed by atoms with Gasteiger partial charge >= 0.3 is 5.13 Å². The first-order chi connectivity index (χ1) is 6.20. The minimum atomic E-state index is 0.424. The van der Waals surface area contributed by atoms with Gasteiger partial charge < -0.3 is 10.6 Å². The first-order valence-electron chi connectivity index (χ1n) is 3.36. The van der Waals surface area contributed by atoms with Crippen molar-refractivity contribution < 1.29 is 5.11 Å². The van der Waals surface area contributed by atoms with E-state index in [1.807, 2.05) is 5.11 Å². The number of nitrogens with zero attached hydrogens (tertiary/aromatic N) is 2. The van der Waals surface area contributed by atoms with Crippen molar-refractivity contribution in [3.8, 4) is 0 Å². The van der Waals surface area contributed by atoms with Gasteiger partial charge in [-0.1, -0.05) is 23.2 Å². The summed E-state index contributed by atoms with van der Waals surface area (Å²) in [4.78, 5) is 4.05. The van der Waals surface area contributed by atoms with Crippen LogP contribution in [-0.4, -0.2) is 4.98 Å². The van der Waals surface area contributed by atoms with Crippen molar-refractivity contribution in [2.24, 2.45) is 0 Å². The summed E-state index contributed by atoms with van der Waals surface area (Å²) in [6, 6.07) is 3.38. The zero-order valence-corrected chi connectivity index (χ0v) is 8.54. The minimum absolute atomic E-state index is 0.424. The topological polar surface area (TPSA) is 49.2 Å². The van der Waals surface area contributed by atoms with Crippen LogP contribution in [0.15, 0.2) is 12.1 Å². The van der Waals surface area contributed by atoms with E-state index in [1.54, 1.807) is 12.1 Å². The molecule has 3 nitrogen and oxygen atoms in total. The molecule has 2 rings (SSSR count). The summed E-state index contributed by atoms with van der Waals surface area (Å²) in [6.07, 6.45) is 0. The monoisotopic (exact) mass is 231 g/mol. The van der Waals surface area contributed by atoms with Gasteiger partial charge in [-0.25, -0.2) is 0 Å². The van der Waals surface area contributed by atoms with Crippen LogP contribution >= 0.6 is 34.5 Å². The van der Waals surface area contributed by atoms with E-state index in [4.69, 9.17) is 28.7 Å². The fourth-order valence-electron chi connectivity index (χ4n) is 0.971. The van der Waals surface area contributed by atoms with Crippen molar-refractivity contribution in [2.45, 2.75) is 0 Å². The Morgan fingerprint density at radius 1 is 1.31 bits per heavy atom. The van der Waals surface area contributed by atoms with Gasteiger partial charge in [-0.2, -0.15) is 0 Å². The van der Waals surface area contributed by atoms with E-state index in [-0.39, 0.29) is 0 Å². The zero-order chi connectivity index (χ0) is 9.42. The Morgan fingerprint density at radius 3 is 2.69 bits per heavy atom. The lowest BCUT2D eigenvalue weighted by atomic mass is 10.3. The molecule has 0 saturated heterocycles. The highest BCUT2D eigenvalue weighted by molar-refractivity contribution is 7.21. The van der Waals surface area contributed by atoms with Crippen molar-refractivity contribution >= 4 is 49.9 Å². The predicted molar refractivity (Wildman–Crippen MR) is 53.6 cm³/mol. The van der Waals surface area contributed by atoms with Crippen LogP contribution in [0, 0.1) is 0 Å². The summed E-state index contributed by atoms with van der Waals surface area (Å²) in [5, 5.41) is 3.35. The molecule has 0 fully saturated rings. The van der Waals surface area contributed by atoms with Crippen molar-refractivity contribution in [2.75, 3.05) is 0 Å². The largest absolute Gasteiger partial charge is 0.613 e. The molecule has 0 saturated carbocycles. The summed E-state index contributed by atoms with van der Waals surface area (Å²) >= 11 is 12.9. The Morgan fingerprint density at radius 2 is 2.00 bits per heavy atom. The van der Waals surface area contributed by atoms with Gasteiger partial charge in [0, 0.05) is 6.07 Å². The highest BCUT2D eigenvalue weighted by Crippen LogP contribution is 2.31. The van der Waals surface area contributed by atoms with Gasteiger partial charge in [-0.05, 0) is 22.4 Å². The Kier molecular flexibility index (Phi) is 2.19. The van der Waals surface area contributed by atoms with Gasteiger partial charge in [0.15, 0.2) is 5.52 Å². The quantitative estimate of drug-likeness (QED) is 0.753. The molecule has 0 radical (unpaired) electrons. The lowest BCUT2D eigenvalue weighted by Gasteiger charge is -1.90. The van der Waals surface area contributed by atoms with Crippen LogP contribution in [-0.2, 0) is 0 Å². The van der Waals surface area contributed by atoms with E-state index in [2.05, 4.69) is 4.98 Å². The zero-order valence-electron chi connectivity index (χ0n) is 6.21. The third kappa shape index (κ3) is 1.52. The smallest absolute Gasteiger partial charge is 0.366 e. The molecule has 0 bridgehead atoms. The van der Waals surface area contributed by atoms with Crippen LogP contribution in [0.25, 0.3) is 15.7 Å². The fourth-order valence-corrected chi connectivity index (χ4v) is 2.14. The summed E-state index contributed by atoms with van der Waals surface area (Å²) in [5.41, 5.74) is 9.33. The van der Waals surface area contributed by atoms with E-state index in [9.17, 15) is 0 Å². The third-order valence-electron chi connectivity index (χ3n) is 1.53. The van der Waals surface area contributed by atoms with Crippen molar-refractivity contribution in [1.82, 2.24) is 4.98 Å². The second kappa shape index (κ2) is 3.21. The molecule has 0 aliphatic carbocycles. The van der Waals surface area contributed by atoms with Crippen LogP contribution in [0.4, 0.5) is 5.13 Å². The molecule has 0 aliphatic heterocycles. The summed E-state index contributed by atoms with van der Waals surface area (Å²) in [7, 11) is 0. The molecule has 1 heterocycles. The molecule has 1 aromatic heterocycles. The van der Waals surface area contributed by atoms with Crippen molar-refractivity contribution in [3.63, 3.8) is 0 Å².